The Balaban J connectivity index is 3.40. The molecule has 0 atom stereocenters. The first-order valence-electron chi connectivity index (χ1n) is 2.06. The van der Waals surface area contributed by atoms with Gasteiger partial charge in [0.1, 0.15) is 12.2 Å². The molecule has 0 aliphatic rings. The van der Waals surface area contributed by atoms with Crippen molar-refractivity contribution in [2.75, 3.05) is 0 Å². The Bertz CT molecular complexity index is 110. The zero-order chi connectivity index (χ0) is 6.57. The van der Waals surface area contributed by atoms with Gasteiger partial charge in [-0.2, -0.15) is 0 Å². The standard InChI is InChI=1S/C4H6O3.Al/c1-3(5)2-4(6)7;/h2H2,1H3,(H,6,7);/q;+1/p-1. The van der Waals surface area contributed by atoms with Gasteiger partial charge >= 0.3 is 16.6 Å². The van der Waals surface area contributed by atoms with Crippen molar-refractivity contribution in [3.8, 4) is 0 Å². The summed E-state index contributed by atoms with van der Waals surface area (Å²) in [4.78, 5) is 20.3. The van der Waals surface area contributed by atoms with Crippen molar-refractivity contribution in [3.63, 3.8) is 0 Å². The highest BCUT2D eigenvalue weighted by Crippen LogP contribution is 1.82. The average molecular weight is 128 g/mol. The Kier molecular flexibility index (Phi) is 3.50. The van der Waals surface area contributed by atoms with Gasteiger partial charge in [-0.3, -0.25) is 9.59 Å². The van der Waals surface area contributed by atoms with Crippen LogP contribution in [0.5, 0.6) is 0 Å². The summed E-state index contributed by atoms with van der Waals surface area (Å²) >= 11 is 1.78. The lowest BCUT2D eigenvalue weighted by molar-refractivity contribution is -0.137. The second-order valence-corrected chi connectivity index (χ2v) is 1.60. The van der Waals surface area contributed by atoms with E-state index >= 15 is 0 Å². The third-order valence-electron chi connectivity index (χ3n) is 0.525. The number of ketones is 1. The van der Waals surface area contributed by atoms with Crippen LogP contribution in [0, 0.1) is 0 Å². The lowest BCUT2D eigenvalue weighted by atomic mass is 10.3. The highest BCUT2D eigenvalue weighted by Gasteiger charge is 2.00. The molecule has 0 aliphatic heterocycles. The fourth-order valence-electron chi connectivity index (χ4n) is 0.245. The predicted octanol–water partition coefficient (Wildman–Crippen LogP) is -0.408. The molecule has 0 saturated heterocycles. The second-order valence-electron chi connectivity index (χ2n) is 1.37. The number of carbonyl (C=O) groups excluding carboxylic acids is 2. The fraction of sp³-hybridized carbons (Fsp3) is 0.500. The molecule has 0 aromatic rings. The molecule has 8 heavy (non-hydrogen) atoms. The molecule has 0 fully saturated rings. The first kappa shape index (κ1) is 7.67. The van der Waals surface area contributed by atoms with Gasteiger partial charge in [0.15, 0.2) is 0 Å². The summed E-state index contributed by atoms with van der Waals surface area (Å²) in [6, 6.07) is 0. The van der Waals surface area contributed by atoms with Gasteiger partial charge in [0.2, 0.25) is 0 Å². The van der Waals surface area contributed by atoms with Crippen LogP contribution in [0.25, 0.3) is 0 Å². The van der Waals surface area contributed by atoms with Gasteiger partial charge in [-0.05, 0) is 6.92 Å². The molecule has 0 spiro atoms. The molecular formula is C4H5AlO3. The van der Waals surface area contributed by atoms with Gasteiger partial charge in [-0.15, -0.1) is 0 Å². The summed E-state index contributed by atoms with van der Waals surface area (Å²) in [5.41, 5.74) is 0. The van der Waals surface area contributed by atoms with Crippen LogP contribution in [0.3, 0.4) is 0 Å². The predicted molar refractivity (Wildman–Crippen MR) is 27.1 cm³/mol. The molecule has 2 radical (unpaired) electrons. The first-order chi connectivity index (χ1) is 3.66. The molecule has 0 amide bonds. The largest absolute Gasteiger partial charge is 0.628 e. The van der Waals surface area contributed by atoms with Gasteiger partial charge in [0.25, 0.3) is 5.97 Å². The van der Waals surface area contributed by atoms with Gasteiger partial charge in [-0.1, -0.05) is 0 Å². The van der Waals surface area contributed by atoms with Crippen molar-refractivity contribution in [1.82, 2.24) is 0 Å². The highest BCUT2D eigenvalue weighted by molar-refractivity contribution is 6.08. The van der Waals surface area contributed by atoms with E-state index in [9.17, 15) is 9.59 Å². The molecule has 3 nitrogen and oxygen atoms in total. The molecule has 4 heteroatoms. The van der Waals surface area contributed by atoms with Crippen LogP contribution in [0.15, 0.2) is 0 Å². The summed E-state index contributed by atoms with van der Waals surface area (Å²) < 4.78 is 4.12. The smallest absolute Gasteiger partial charge is 0.484 e. The number of rotatable bonds is 2. The SMILES string of the molecule is CC(=O)CC(=O)[O][Al]. The van der Waals surface area contributed by atoms with Crippen molar-refractivity contribution >= 4 is 28.4 Å². The van der Waals surface area contributed by atoms with Gasteiger partial charge in [0.05, 0.1) is 0 Å². The molecule has 0 N–H and O–H groups in total. The topological polar surface area (TPSA) is 43.4 Å². The van der Waals surface area contributed by atoms with Crippen molar-refractivity contribution in [3.05, 3.63) is 0 Å². The summed E-state index contributed by atoms with van der Waals surface area (Å²) in [6.07, 6.45) is -0.135. The molecule has 42 valence electrons. The molecule has 0 rings (SSSR count). The molecule has 0 aromatic heterocycles. The van der Waals surface area contributed by atoms with E-state index < -0.39 is 5.97 Å². The monoisotopic (exact) mass is 128 g/mol. The third-order valence-corrected chi connectivity index (χ3v) is 0.788. The number of carbonyl (C=O) groups is 2. The van der Waals surface area contributed by atoms with Crippen LogP contribution in [-0.4, -0.2) is 28.4 Å². The minimum absolute atomic E-state index is 0.135. The van der Waals surface area contributed by atoms with Gasteiger partial charge in [-0.25, -0.2) is 0 Å². The third kappa shape index (κ3) is 3.85. The van der Waals surface area contributed by atoms with Crippen LogP contribution in [-0.2, 0) is 13.4 Å². The summed E-state index contributed by atoms with van der Waals surface area (Å²) in [5.74, 6) is -0.694. The van der Waals surface area contributed by atoms with E-state index in [0.717, 1.165) is 0 Å². The van der Waals surface area contributed by atoms with E-state index in [-0.39, 0.29) is 12.2 Å². The Morgan fingerprint density at radius 3 is 2.25 bits per heavy atom. The van der Waals surface area contributed by atoms with E-state index in [1.54, 1.807) is 16.6 Å². The van der Waals surface area contributed by atoms with Crippen molar-refractivity contribution in [1.29, 1.82) is 0 Å². The van der Waals surface area contributed by atoms with E-state index in [0.29, 0.717) is 0 Å². The van der Waals surface area contributed by atoms with Gasteiger partial charge in [0, 0.05) is 0 Å². The van der Waals surface area contributed by atoms with Crippen LogP contribution in [0.2, 0.25) is 0 Å². The van der Waals surface area contributed by atoms with Crippen LogP contribution in [0.1, 0.15) is 13.3 Å². The second kappa shape index (κ2) is 3.65. The summed E-state index contributed by atoms with van der Waals surface area (Å²) in [7, 11) is 0. The van der Waals surface area contributed by atoms with E-state index in [2.05, 4.69) is 3.79 Å². The zero-order valence-corrected chi connectivity index (χ0v) is 5.66. The van der Waals surface area contributed by atoms with Crippen LogP contribution < -0.4 is 0 Å². The Hall–Kier alpha value is -0.328. The highest BCUT2D eigenvalue weighted by atomic mass is 27.1. The Morgan fingerprint density at radius 2 is 2.12 bits per heavy atom. The maximum atomic E-state index is 10.2. The molecular weight excluding hydrogens is 123 g/mol. The Morgan fingerprint density at radius 1 is 1.62 bits per heavy atom. The van der Waals surface area contributed by atoms with Crippen LogP contribution >= 0.6 is 0 Å². The normalized spacial score (nSPS) is 8.12. The minimum atomic E-state index is -0.512. The molecule has 0 saturated carbocycles. The molecule has 0 unspecified atom stereocenters. The zero-order valence-electron chi connectivity index (χ0n) is 4.51. The summed E-state index contributed by atoms with van der Waals surface area (Å²) in [5, 5.41) is 0. The lowest BCUT2D eigenvalue weighted by Crippen LogP contribution is -2.05. The molecule has 0 aliphatic carbocycles. The average Bonchev–Trinajstić information content (AvgIpc) is 1.65. The fourth-order valence-corrected chi connectivity index (χ4v) is 0.328. The van der Waals surface area contributed by atoms with Gasteiger partial charge < -0.3 is 3.79 Å². The quantitative estimate of drug-likeness (QED) is 0.375. The van der Waals surface area contributed by atoms with Crippen LogP contribution in [0.4, 0.5) is 0 Å². The molecule has 0 bridgehead atoms. The van der Waals surface area contributed by atoms with Crippen molar-refractivity contribution in [2.24, 2.45) is 0 Å². The molecule has 0 heterocycles. The van der Waals surface area contributed by atoms with Crippen molar-refractivity contribution < 1.29 is 13.4 Å². The van der Waals surface area contributed by atoms with Crippen molar-refractivity contribution in [2.45, 2.75) is 13.3 Å². The van der Waals surface area contributed by atoms with E-state index in [1.165, 1.54) is 6.92 Å². The number of Topliss-reactive ketones (excluding diaryl/α,β-unsaturated/α-hetero) is 1. The first-order valence-corrected chi connectivity index (χ1v) is 2.53. The maximum Gasteiger partial charge on any atom is 0.484 e. The van der Waals surface area contributed by atoms with E-state index in [4.69, 9.17) is 0 Å². The number of hydrogen-bond acceptors (Lipinski definition) is 3. The maximum absolute atomic E-state index is 10.2. The van der Waals surface area contributed by atoms with E-state index in [1.807, 2.05) is 0 Å². The molecule has 0 aromatic carbocycles. The minimum Gasteiger partial charge on any atom is -0.628 e. The lowest BCUT2D eigenvalue weighted by Gasteiger charge is -1.94. The summed E-state index contributed by atoms with van der Waals surface area (Å²) in [6.45, 7) is 1.33. The number of hydrogen-bond donors (Lipinski definition) is 0. The Labute approximate surface area is 55.8 Å².